The Labute approximate surface area is 153 Å². The lowest BCUT2D eigenvalue weighted by Crippen LogP contribution is -2.42. The summed E-state index contributed by atoms with van der Waals surface area (Å²) in [5.41, 5.74) is 6.61. The first-order chi connectivity index (χ1) is 11.4. The van der Waals surface area contributed by atoms with Gasteiger partial charge in [0, 0.05) is 0 Å². The van der Waals surface area contributed by atoms with Crippen LogP contribution in [0.25, 0.3) is 11.4 Å². The molecule has 0 radical (unpaired) electrons. The number of aromatic nitrogens is 2. The van der Waals surface area contributed by atoms with Crippen LogP contribution in [-0.2, 0) is 4.79 Å². The molecule has 8 heteroatoms. The van der Waals surface area contributed by atoms with Gasteiger partial charge in [-0.2, -0.15) is 4.98 Å². The number of rotatable bonds is 7. The minimum atomic E-state index is -0.552. The van der Waals surface area contributed by atoms with Crippen molar-refractivity contribution in [1.29, 1.82) is 0 Å². The number of amides is 1. The molecule has 0 saturated heterocycles. The first kappa shape index (κ1) is 20.9. The van der Waals surface area contributed by atoms with Gasteiger partial charge in [0.1, 0.15) is 11.8 Å². The van der Waals surface area contributed by atoms with Gasteiger partial charge < -0.3 is 20.3 Å². The topological polar surface area (TPSA) is 103 Å². The van der Waals surface area contributed by atoms with E-state index in [1.807, 2.05) is 38.1 Å². The quantitative estimate of drug-likeness (QED) is 0.778. The molecule has 0 spiro atoms. The molecule has 2 rings (SSSR count). The number of carbonyl (C=O) groups excluding carboxylic acids is 1. The average Bonchev–Trinajstić information content (AvgIpc) is 3.04. The highest BCUT2D eigenvalue weighted by atomic mass is 35.5. The van der Waals surface area contributed by atoms with E-state index >= 15 is 0 Å². The zero-order chi connectivity index (χ0) is 17.7. The van der Waals surface area contributed by atoms with Gasteiger partial charge in [0.05, 0.1) is 18.7 Å². The van der Waals surface area contributed by atoms with Crippen molar-refractivity contribution >= 4 is 18.3 Å². The monoisotopic (exact) mass is 368 g/mol. The van der Waals surface area contributed by atoms with Crippen LogP contribution in [-0.4, -0.2) is 29.2 Å². The van der Waals surface area contributed by atoms with Gasteiger partial charge in [0.2, 0.25) is 17.6 Å². The fraction of sp³-hybridized carbons (Fsp3) is 0.471. The van der Waals surface area contributed by atoms with Crippen molar-refractivity contribution in [1.82, 2.24) is 15.5 Å². The van der Waals surface area contributed by atoms with Gasteiger partial charge in [0.25, 0.3) is 0 Å². The summed E-state index contributed by atoms with van der Waals surface area (Å²) >= 11 is 0. The van der Waals surface area contributed by atoms with Gasteiger partial charge in [-0.25, -0.2) is 0 Å². The van der Waals surface area contributed by atoms with Crippen LogP contribution in [0.4, 0.5) is 0 Å². The number of benzene rings is 1. The molecule has 0 bridgehead atoms. The molecule has 138 valence electrons. The number of carbonyl (C=O) groups is 1. The summed E-state index contributed by atoms with van der Waals surface area (Å²) in [5, 5.41) is 6.77. The number of para-hydroxylation sites is 1. The van der Waals surface area contributed by atoms with Crippen LogP contribution in [0.1, 0.15) is 39.1 Å². The number of nitrogens with zero attached hydrogens (tertiary/aromatic N) is 2. The highest BCUT2D eigenvalue weighted by Crippen LogP contribution is 2.27. The van der Waals surface area contributed by atoms with Crippen molar-refractivity contribution in [2.75, 3.05) is 7.11 Å². The molecule has 3 N–H and O–H groups in total. The van der Waals surface area contributed by atoms with Crippen molar-refractivity contribution in [3.63, 3.8) is 0 Å². The Hall–Kier alpha value is -2.12. The summed E-state index contributed by atoms with van der Waals surface area (Å²) in [5.74, 6) is 1.51. The Balaban J connectivity index is 0.00000312. The van der Waals surface area contributed by atoms with E-state index in [4.69, 9.17) is 15.0 Å². The van der Waals surface area contributed by atoms with E-state index in [-0.39, 0.29) is 18.3 Å². The number of nitrogens with two attached hydrogens (primary N) is 1. The molecule has 1 amide bonds. The fourth-order valence-electron chi connectivity index (χ4n) is 2.35. The molecule has 1 aromatic heterocycles. The Morgan fingerprint density at radius 3 is 2.64 bits per heavy atom. The van der Waals surface area contributed by atoms with Crippen molar-refractivity contribution < 1.29 is 14.1 Å². The molecule has 0 saturated carbocycles. The van der Waals surface area contributed by atoms with E-state index in [0.717, 1.165) is 5.56 Å². The van der Waals surface area contributed by atoms with Gasteiger partial charge in [-0.1, -0.05) is 31.1 Å². The van der Waals surface area contributed by atoms with Gasteiger partial charge in [-0.05, 0) is 31.4 Å². The number of halogens is 1. The maximum absolute atomic E-state index is 12.1. The third kappa shape index (κ3) is 5.44. The first-order valence-electron chi connectivity index (χ1n) is 7.95. The third-order valence-corrected chi connectivity index (χ3v) is 3.58. The molecule has 2 aromatic rings. The molecule has 1 aromatic carbocycles. The van der Waals surface area contributed by atoms with Crippen LogP contribution in [0.3, 0.4) is 0 Å². The summed E-state index contributed by atoms with van der Waals surface area (Å²) in [6.45, 7) is 5.82. The lowest BCUT2D eigenvalue weighted by atomic mass is 10.0. The van der Waals surface area contributed by atoms with Crippen LogP contribution < -0.4 is 15.8 Å². The molecule has 0 aliphatic heterocycles. The van der Waals surface area contributed by atoms with E-state index in [1.165, 1.54) is 0 Å². The smallest absolute Gasteiger partial charge is 0.249 e. The minimum absolute atomic E-state index is 0. The normalized spacial score (nSPS) is 13.0. The molecule has 2 atom stereocenters. The Morgan fingerprint density at radius 1 is 1.32 bits per heavy atom. The summed E-state index contributed by atoms with van der Waals surface area (Å²) < 4.78 is 10.6. The molecule has 0 fully saturated rings. The summed E-state index contributed by atoms with van der Waals surface area (Å²) in [4.78, 5) is 16.4. The zero-order valence-corrected chi connectivity index (χ0v) is 15.7. The standard InChI is InChI=1S/C17H24N4O3.ClH/c1-10(2)9-13(18)16(22)19-11(3)17-20-15(21-24-17)12-7-5-6-8-14(12)23-4;/h5-8,10-11,13H,9,18H2,1-4H3,(H,19,22);1H/t11?,13-;/m0./s1. The molecular formula is C17H25ClN4O3. The van der Waals surface area contributed by atoms with Crippen LogP contribution in [0.15, 0.2) is 28.8 Å². The number of hydrogen-bond donors (Lipinski definition) is 2. The maximum Gasteiger partial charge on any atom is 0.249 e. The zero-order valence-electron chi connectivity index (χ0n) is 14.9. The summed E-state index contributed by atoms with van der Waals surface area (Å²) in [6, 6.07) is 6.42. The molecule has 1 heterocycles. The van der Waals surface area contributed by atoms with E-state index in [9.17, 15) is 4.79 Å². The molecular weight excluding hydrogens is 344 g/mol. The van der Waals surface area contributed by atoms with E-state index in [2.05, 4.69) is 15.5 Å². The van der Waals surface area contributed by atoms with E-state index < -0.39 is 12.1 Å². The summed E-state index contributed by atoms with van der Waals surface area (Å²) in [7, 11) is 1.58. The highest BCUT2D eigenvalue weighted by molar-refractivity contribution is 5.85. The van der Waals surface area contributed by atoms with E-state index in [0.29, 0.717) is 29.8 Å². The molecule has 25 heavy (non-hydrogen) atoms. The van der Waals surface area contributed by atoms with Crippen LogP contribution in [0, 0.1) is 5.92 Å². The number of nitrogens with one attached hydrogen (secondary N) is 1. The Morgan fingerprint density at radius 2 is 2.00 bits per heavy atom. The molecule has 7 nitrogen and oxygen atoms in total. The van der Waals surface area contributed by atoms with Crippen LogP contribution in [0.5, 0.6) is 5.75 Å². The average molecular weight is 369 g/mol. The second kappa shape index (κ2) is 9.39. The van der Waals surface area contributed by atoms with Crippen molar-refractivity contribution in [2.24, 2.45) is 11.7 Å². The van der Waals surface area contributed by atoms with Crippen molar-refractivity contribution in [3.05, 3.63) is 30.2 Å². The lowest BCUT2D eigenvalue weighted by Gasteiger charge is -2.16. The second-order valence-corrected chi connectivity index (χ2v) is 6.12. The minimum Gasteiger partial charge on any atom is -0.496 e. The number of hydrogen-bond acceptors (Lipinski definition) is 6. The van der Waals surface area contributed by atoms with Crippen molar-refractivity contribution in [3.8, 4) is 17.1 Å². The highest BCUT2D eigenvalue weighted by Gasteiger charge is 2.22. The predicted molar refractivity (Wildman–Crippen MR) is 97.5 cm³/mol. The fourth-order valence-corrected chi connectivity index (χ4v) is 2.35. The third-order valence-electron chi connectivity index (χ3n) is 3.58. The predicted octanol–water partition coefficient (Wildman–Crippen LogP) is 2.72. The molecule has 0 aliphatic rings. The van der Waals surface area contributed by atoms with Gasteiger partial charge in [-0.15, -0.1) is 12.4 Å². The van der Waals surface area contributed by atoms with Crippen LogP contribution >= 0.6 is 12.4 Å². The largest absolute Gasteiger partial charge is 0.496 e. The van der Waals surface area contributed by atoms with Gasteiger partial charge in [-0.3, -0.25) is 4.79 Å². The van der Waals surface area contributed by atoms with Crippen molar-refractivity contribution in [2.45, 2.75) is 39.3 Å². The van der Waals surface area contributed by atoms with E-state index in [1.54, 1.807) is 14.0 Å². The Kier molecular flexibility index (Phi) is 7.86. The molecule has 0 aliphatic carbocycles. The van der Waals surface area contributed by atoms with Gasteiger partial charge >= 0.3 is 0 Å². The van der Waals surface area contributed by atoms with Gasteiger partial charge in [0.15, 0.2) is 0 Å². The second-order valence-electron chi connectivity index (χ2n) is 6.12. The maximum atomic E-state index is 12.1. The summed E-state index contributed by atoms with van der Waals surface area (Å²) in [6.07, 6.45) is 0.620. The SMILES string of the molecule is COc1ccccc1-c1noc(C(C)NC(=O)[C@@H](N)CC(C)C)n1.Cl. The molecule has 1 unspecified atom stereocenters. The van der Waals surface area contributed by atoms with Crippen LogP contribution in [0.2, 0.25) is 0 Å². The Bertz CT molecular complexity index is 690. The first-order valence-corrected chi connectivity index (χ1v) is 7.95. The number of methoxy groups -OCH3 is 1. The lowest BCUT2D eigenvalue weighted by molar-refractivity contribution is -0.123. The number of ether oxygens (including phenoxy) is 1.